The minimum absolute atomic E-state index is 0.0905. The number of hydrogen-bond acceptors (Lipinski definition) is 3. The van der Waals surface area contributed by atoms with E-state index < -0.39 is 12.2 Å². The first-order valence-corrected chi connectivity index (χ1v) is 4.39. The Morgan fingerprint density at radius 2 is 2.15 bits per heavy atom. The van der Waals surface area contributed by atoms with Gasteiger partial charge in [-0.05, 0) is 18.9 Å². The Labute approximate surface area is 77.3 Å². The zero-order valence-electron chi connectivity index (χ0n) is 7.60. The van der Waals surface area contributed by atoms with Gasteiger partial charge in [0.25, 0.3) is 0 Å². The average molecular weight is 185 g/mol. The van der Waals surface area contributed by atoms with E-state index in [9.17, 15) is 15.0 Å². The number of carbonyl (C=O) groups is 1. The maximum absolute atomic E-state index is 10.8. The molecule has 3 N–H and O–H groups in total. The number of carbonyl (C=O) groups excluding carboxylic acids is 1. The maximum atomic E-state index is 10.8. The molecule has 13 heavy (non-hydrogen) atoms. The Morgan fingerprint density at radius 3 is 2.62 bits per heavy atom. The van der Waals surface area contributed by atoms with E-state index in [-0.39, 0.29) is 11.8 Å². The van der Waals surface area contributed by atoms with Crippen LogP contribution >= 0.6 is 0 Å². The third-order valence-electron chi connectivity index (χ3n) is 2.29. The summed E-state index contributed by atoms with van der Waals surface area (Å²) in [5.74, 6) is -0.277. The highest BCUT2D eigenvalue weighted by Crippen LogP contribution is 2.26. The summed E-state index contributed by atoms with van der Waals surface area (Å²) < 4.78 is 0. The van der Waals surface area contributed by atoms with Gasteiger partial charge in [-0.3, -0.25) is 4.79 Å². The number of aliphatic hydroxyl groups excluding tert-OH is 2. The Balaban J connectivity index is 2.45. The minimum Gasteiger partial charge on any atom is -0.393 e. The van der Waals surface area contributed by atoms with Gasteiger partial charge in [0, 0.05) is 13.0 Å². The van der Waals surface area contributed by atoms with Gasteiger partial charge in [-0.2, -0.15) is 0 Å². The summed E-state index contributed by atoms with van der Waals surface area (Å²) >= 11 is 0. The summed E-state index contributed by atoms with van der Waals surface area (Å²) in [5.41, 5.74) is 0. The zero-order chi connectivity index (χ0) is 9.84. The van der Waals surface area contributed by atoms with Gasteiger partial charge in [-0.1, -0.05) is 6.08 Å². The van der Waals surface area contributed by atoms with E-state index in [0.717, 1.165) is 0 Å². The van der Waals surface area contributed by atoms with Crippen molar-refractivity contribution in [3.8, 4) is 0 Å². The molecule has 4 nitrogen and oxygen atoms in total. The number of rotatable bonds is 2. The van der Waals surface area contributed by atoms with Crippen molar-refractivity contribution < 1.29 is 15.0 Å². The van der Waals surface area contributed by atoms with Crippen LogP contribution in [0.4, 0.5) is 0 Å². The van der Waals surface area contributed by atoms with Gasteiger partial charge in [0.2, 0.25) is 5.91 Å². The molecule has 0 aliphatic heterocycles. The second kappa shape index (κ2) is 4.39. The molecule has 0 heterocycles. The summed E-state index contributed by atoms with van der Waals surface area (Å²) in [5, 5.41) is 21.0. The smallest absolute Gasteiger partial charge is 0.243 e. The standard InChI is InChI=1S/C9H15NO3/c1-10-9(13)3-2-6-4-7(11)5-8(6)12/h2-3,6-8,11-12H,4-5H2,1H3,(H,10,13)/b3-2+/t6-,7+,8+/m1/s1. The lowest BCUT2D eigenvalue weighted by atomic mass is 10.1. The van der Waals surface area contributed by atoms with E-state index in [0.29, 0.717) is 12.8 Å². The summed E-state index contributed by atoms with van der Waals surface area (Å²) in [7, 11) is 1.55. The number of amides is 1. The van der Waals surface area contributed by atoms with Gasteiger partial charge in [0.1, 0.15) is 0 Å². The number of nitrogens with one attached hydrogen (secondary N) is 1. The topological polar surface area (TPSA) is 69.6 Å². The van der Waals surface area contributed by atoms with Crippen molar-refractivity contribution >= 4 is 5.91 Å². The Morgan fingerprint density at radius 1 is 1.46 bits per heavy atom. The monoisotopic (exact) mass is 185 g/mol. The highest BCUT2D eigenvalue weighted by molar-refractivity contribution is 5.87. The van der Waals surface area contributed by atoms with Crippen LogP contribution in [0.5, 0.6) is 0 Å². The van der Waals surface area contributed by atoms with Crippen molar-refractivity contribution in [2.24, 2.45) is 5.92 Å². The largest absolute Gasteiger partial charge is 0.393 e. The molecule has 1 fully saturated rings. The molecule has 0 aromatic carbocycles. The van der Waals surface area contributed by atoms with Crippen LogP contribution < -0.4 is 5.32 Å². The molecule has 1 aliphatic rings. The molecule has 0 radical (unpaired) electrons. The molecular formula is C9H15NO3. The van der Waals surface area contributed by atoms with E-state index in [1.807, 2.05) is 0 Å². The number of hydrogen-bond donors (Lipinski definition) is 3. The van der Waals surface area contributed by atoms with E-state index in [1.165, 1.54) is 6.08 Å². The molecule has 0 bridgehead atoms. The lowest BCUT2D eigenvalue weighted by Gasteiger charge is -2.07. The molecule has 1 aliphatic carbocycles. The van der Waals surface area contributed by atoms with E-state index in [2.05, 4.69) is 5.32 Å². The van der Waals surface area contributed by atoms with E-state index >= 15 is 0 Å². The Kier molecular flexibility index (Phi) is 3.45. The second-order valence-electron chi connectivity index (χ2n) is 3.33. The average Bonchev–Trinajstić information content (AvgIpc) is 2.41. The van der Waals surface area contributed by atoms with Crippen LogP contribution in [0.3, 0.4) is 0 Å². The molecule has 0 aromatic heterocycles. The van der Waals surface area contributed by atoms with E-state index in [1.54, 1.807) is 13.1 Å². The van der Waals surface area contributed by atoms with Gasteiger partial charge in [-0.15, -0.1) is 0 Å². The van der Waals surface area contributed by atoms with Crippen LogP contribution in [-0.2, 0) is 4.79 Å². The molecular weight excluding hydrogens is 170 g/mol. The number of likely N-dealkylation sites (N-methyl/N-ethyl adjacent to an activating group) is 1. The van der Waals surface area contributed by atoms with Crippen LogP contribution in [0.25, 0.3) is 0 Å². The fraction of sp³-hybridized carbons (Fsp3) is 0.667. The SMILES string of the molecule is CNC(=O)/C=C/[C@@H]1C[C@H](O)C[C@@H]1O. The second-order valence-corrected chi connectivity index (χ2v) is 3.33. The molecule has 1 saturated carbocycles. The van der Waals surface area contributed by atoms with Crippen molar-refractivity contribution in [2.45, 2.75) is 25.0 Å². The first-order valence-electron chi connectivity index (χ1n) is 4.39. The molecule has 0 aromatic rings. The zero-order valence-corrected chi connectivity index (χ0v) is 7.60. The van der Waals surface area contributed by atoms with Gasteiger partial charge < -0.3 is 15.5 Å². The van der Waals surface area contributed by atoms with Crippen molar-refractivity contribution in [2.75, 3.05) is 7.05 Å². The molecule has 0 saturated heterocycles. The Hall–Kier alpha value is -0.870. The molecule has 74 valence electrons. The highest BCUT2D eigenvalue weighted by Gasteiger charge is 2.29. The lowest BCUT2D eigenvalue weighted by molar-refractivity contribution is -0.116. The lowest BCUT2D eigenvalue weighted by Crippen LogP contribution is -2.16. The van der Waals surface area contributed by atoms with Crippen molar-refractivity contribution in [3.63, 3.8) is 0 Å². The van der Waals surface area contributed by atoms with Crippen molar-refractivity contribution in [1.82, 2.24) is 5.32 Å². The van der Waals surface area contributed by atoms with Crippen molar-refractivity contribution in [3.05, 3.63) is 12.2 Å². The quantitative estimate of drug-likeness (QED) is 0.504. The molecule has 0 unspecified atom stereocenters. The van der Waals surface area contributed by atoms with Gasteiger partial charge in [0.15, 0.2) is 0 Å². The summed E-state index contributed by atoms with van der Waals surface area (Å²) in [4.78, 5) is 10.8. The first kappa shape index (κ1) is 10.2. The normalized spacial score (nSPS) is 33.9. The molecule has 1 amide bonds. The van der Waals surface area contributed by atoms with Crippen LogP contribution in [0.2, 0.25) is 0 Å². The number of aliphatic hydroxyl groups is 2. The molecule has 4 heteroatoms. The Bertz CT molecular complexity index is 215. The minimum atomic E-state index is -0.518. The fourth-order valence-electron chi connectivity index (χ4n) is 1.52. The van der Waals surface area contributed by atoms with Crippen LogP contribution in [0, 0.1) is 5.92 Å². The fourth-order valence-corrected chi connectivity index (χ4v) is 1.52. The van der Waals surface area contributed by atoms with Gasteiger partial charge in [-0.25, -0.2) is 0 Å². The third kappa shape index (κ3) is 2.82. The maximum Gasteiger partial charge on any atom is 0.243 e. The third-order valence-corrected chi connectivity index (χ3v) is 2.29. The highest BCUT2D eigenvalue weighted by atomic mass is 16.3. The first-order chi connectivity index (χ1) is 6.13. The molecule has 1 rings (SSSR count). The summed E-state index contributed by atoms with van der Waals surface area (Å²) in [6.45, 7) is 0. The molecule has 3 atom stereocenters. The van der Waals surface area contributed by atoms with Crippen LogP contribution in [0.15, 0.2) is 12.2 Å². The van der Waals surface area contributed by atoms with Crippen LogP contribution in [-0.4, -0.2) is 35.4 Å². The van der Waals surface area contributed by atoms with Gasteiger partial charge in [0.05, 0.1) is 12.2 Å². The predicted molar refractivity (Wildman–Crippen MR) is 47.9 cm³/mol. The summed E-state index contributed by atoms with van der Waals surface area (Å²) in [6.07, 6.45) is 3.04. The van der Waals surface area contributed by atoms with Crippen molar-refractivity contribution in [1.29, 1.82) is 0 Å². The summed E-state index contributed by atoms with van der Waals surface area (Å²) in [6, 6.07) is 0. The van der Waals surface area contributed by atoms with E-state index in [4.69, 9.17) is 0 Å². The molecule has 0 spiro atoms. The van der Waals surface area contributed by atoms with Gasteiger partial charge >= 0.3 is 0 Å². The van der Waals surface area contributed by atoms with Crippen LogP contribution in [0.1, 0.15) is 12.8 Å². The predicted octanol–water partition coefficient (Wildman–Crippen LogP) is -0.580.